The van der Waals surface area contributed by atoms with Gasteiger partial charge < -0.3 is 5.32 Å². The Balaban J connectivity index is 2.34. The number of carbonyl (C=O) groups is 1. The molecule has 2 nitrogen and oxygen atoms in total. The van der Waals surface area contributed by atoms with E-state index in [1.54, 1.807) is 13.8 Å². The Morgan fingerprint density at radius 2 is 2.09 bits per heavy atom. The van der Waals surface area contributed by atoms with Crippen molar-refractivity contribution in [3.63, 3.8) is 0 Å². The molecule has 1 atom stereocenters. The van der Waals surface area contributed by atoms with Gasteiger partial charge in [0.1, 0.15) is 5.92 Å². The van der Waals surface area contributed by atoms with Crippen LogP contribution in [0.1, 0.15) is 20.3 Å². The molecule has 0 saturated heterocycles. The SMILES string of the molecule is CC(C)NC(=O)C1CC1(F)F. The molecule has 0 aromatic carbocycles. The highest BCUT2D eigenvalue weighted by molar-refractivity contribution is 5.82. The number of hydrogen-bond donors (Lipinski definition) is 1. The first-order valence-corrected chi connectivity index (χ1v) is 3.61. The lowest BCUT2D eigenvalue weighted by Gasteiger charge is -2.06. The second-order valence-corrected chi connectivity index (χ2v) is 3.18. The Hall–Kier alpha value is -0.670. The first-order chi connectivity index (χ1) is 4.93. The normalized spacial score (nSPS) is 26.8. The Kier molecular flexibility index (Phi) is 1.86. The van der Waals surface area contributed by atoms with Crippen LogP contribution in [0.2, 0.25) is 0 Å². The standard InChI is InChI=1S/C7H11F2NO/c1-4(2)10-6(11)5-3-7(5,8)9/h4-5H,3H2,1-2H3,(H,10,11). The van der Waals surface area contributed by atoms with E-state index in [0.717, 1.165) is 0 Å². The lowest BCUT2D eigenvalue weighted by Crippen LogP contribution is -2.32. The summed E-state index contributed by atoms with van der Waals surface area (Å²) in [5, 5.41) is 2.44. The molecule has 0 aliphatic heterocycles. The van der Waals surface area contributed by atoms with Gasteiger partial charge in [-0.3, -0.25) is 4.79 Å². The second kappa shape index (κ2) is 2.43. The lowest BCUT2D eigenvalue weighted by molar-refractivity contribution is -0.124. The summed E-state index contributed by atoms with van der Waals surface area (Å²) in [6, 6.07) is -0.0566. The third kappa shape index (κ3) is 1.88. The van der Waals surface area contributed by atoms with Gasteiger partial charge in [0.25, 0.3) is 5.92 Å². The largest absolute Gasteiger partial charge is 0.353 e. The van der Waals surface area contributed by atoms with Crippen molar-refractivity contribution in [1.29, 1.82) is 0 Å². The molecule has 64 valence electrons. The van der Waals surface area contributed by atoms with E-state index in [1.807, 2.05) is 0 Å². The molecule has 1 aliphatic rings. The van der Waals surface area contributed by atoms with E-state index in [9.17, 15) is 13.6 Å². The van der Waals surface area contributed by atoms with Crippen LogP contribution in [0.5, 0.6) is 0 Å². The number of amides is 1. The number of hydrogen-bond acceptors (Lipinski definition) is 1. The topological polar surface area (TPSA) is 29.1 Å². The van der Waals surface area contributed by atoms with E-state index in [0.29, 0.717) is 0 Å². The number of halogens is 2. The van der Waals surface area contributed by atoms with Crippen molar-refractivity contribution in [2.45, 2.75) is 32.2 Å². The van der Waals surface area contributed by atoms with Gasteiger partial charge in [-0.1, -0.05) is 0 Å². The average molecular weight is 163 g/mol. The van der Waals surface area contributed by atoms with Gasteiger partial charge in [-0.15, -0.1) is 0 Å². The van der Waals surface area contributed by atoms with E-state index >= 15 is 0 Å². The predicted octanol–water partition coefficient (Wildman–Crippen LogP) is 1.17. The van der Waals surface area contributed by atoms with Crippen molar-refractivity contribution in [3.05, 3.63) is 0 Å². The van der Waals surface area contributed by atoms with Crippen LogP contribution in [-0.4, -0.2) is 17.9 Å². The van der Waals surface area contributed by atoms with Crippen LogP contribution < -0.4 is 5.32 Å². The maximum absolute atomic E-state index is 12.2. The van der Waals surface area contributed by atoms with Crippen LogP contribution in [0.4, 0.5) is 8.78 Å². The molecule has 0 aromatic rings. The first kappa shape index (κ1) is 8.43. The van der Waals surface area contributed by atoms with E-state index < -0.39 is 17.7 Å². The highest BCUT2D eigenvalue weighted by atomic mass is 19.3. The van der Waals surface area contributed by atoms with Crippen molar-refractivity contribution in [2.24, 2.45) is 5.92 Å². The molecule has 1 unspecified atom stereocenters. The summed E-state index contributed by atoms with van der Waals surface area (Å²) in [4.78, 5) is 10.8. The Labute approximate surface area is 64.0 Å². The van der Waals surface area contributed by atoms with E-state index in [1.165, 1.54) is 0 Å². The molecule has 0 aromatic heterocycles. The van der Waals surface area contributed by atoms with Gasteiger partial charge in [-0.25, -0.2) is 8.78 Å². The van der Waals surface area contributed by atoms with E-state index in [2.05, 4.69) is 5.32 Å². The maximum Gasteiger partial charge on any atom is 0.260 e. The summed E-state index contributed by atoms with van der Waals surface area (Å²) < 4.78 is 24.5. The highest BCUT2D eigenvalue weighted by Gasteiger charge is 2.61. The number of carbonyl (C=O) groups excluding carboxylic acids is 1. The van der Waals surface area contributed by atoms with Gasteiger partial charge >= 0.3 is 0 Å². The number of rotatable bonds is 2. The molecule has 11 heavy (non-hydrogen) atoms. The predicted molar refractivity (Wildman–Crippen MR) is 36.3 cm³/mol. The third-order valence-electron chi connectivity index (χ3n) is 1.57. The summed E-state index contributed by atoms with van der Waals surface area (Å²) in [6.45, 7) is 3.50. The molecular weight excluding hydrogens is 152 g/mol. The fourth-order valence-electron chi connectivity index (χ4n) is 0.883. The summed E-state index contributed by atoms with van der Waals surface area (Å²) in [6.07, 6.45) is -0.286. The van der Waals surface area contributed by atoms with Gasteiger partial charge in [-0.2, -0.15) is 0 Å². The quantitative estimate of drug-likeness (QED) is 0.650. The summed E-state index contributed by atoms with van der Waals surface area (Å²) in [5.74, 6) is -4.33. The minimum atomic E-state index is -2.74. The van der Waals surface area contributed by atoms with Crippen molar-refractivity contribution in [2.75, 3.05) is 0 Å². The minimum Gasteiger partial charge on any atom is -0.353 e. The molecule has 1 amide bonds. The smallest absolute Gasteiger partial charge is 0.260 e. The molecule has 0 bridgehead atoms. The molecule has 1 rings (SSSR count). The molecule has 0 radical (unpaired) electrons. The van der Waals surface area contributed by atoms with Crippen LogP contribution in [0.15, 0.2) is 0 Å². The Morgan fingerprint density at radius 1 is 1.64 bits per heavy atom. The van der Waals surface area contributed by atoms with Crippen LogP contribution in [0.25, 0.3) is 0 Å². The van der Waals surface area contributed by atoms with Gasteiger partial charge in [-0.05, 0) is 13.8 Å². The fourth-order valence-corrected chi connectivity index (χ4v) is 0.883. The van der Waals surface area contributed by atoms with Crippen molar-refractivity contribution in [1.82, 2.24) is 5.32 Å². The van der Waals surface area contributed by atoms with Crippen LogP contribution in [0, 0.1) is 5.92 Å². The van der Waals surface area contributed by atoms with Crippen LogP contribution >= 0.6 is 0 Å². The van der Waals surface area contributed by atoms with Crippen molar-refractivity contribution in [3.8, 4) is 0 Å². The van der Waals surface area contributed by atoms with Gasteiger partial charge in [0.2, 0.25) is 5.91 Å². The fraction of sp³-hybridized carbons (Fsp3) is 0.857. The number of alkyl halides is 2. The Morgan fingerprint density at radius 3 is 2.36 bits per heavy atom. The monoisotopic (exact) mass is 163 g/mol. The summed E-state index contributed by atoms with van der Waals surface area (Å²) in [5.41, 5.74) is 0. The van der Waals surface area contributed by atoms with Gasteiger partial charge in [0.15, 0.2) is 0 Å². The molecule has 1 aliphatic carbocycles. The molecular formula is C7H11F2NO. The zero-order valence-electron chi connectivity index (χ0n) is 6.53. The maximum atomic E-state index is 12.2. The van der Waals surface area contributed by atoms with E-state index in [-0.39, 0.29) is 12.5 Å². The minimum absolute atomic E-state index is 0.0566. The van der Waals surface area contributed by atoms with Crippen molar-refractivity contribution >= 4 is 5.91 Å². The molecule has 1 N–H and O–H groups in total. The van der Waals surface area contributed by atoms with Crippen molar-refractivity contribution < 1.29 is 13.6 Å². The van der Waals surface area contributed by atoms with Gasteiger partial charge in [0, 0.05) is 12.5 Å². The average Bonchev–Trinajstić information content (AvgIpc) is 2.38. The molecule has 4 heteroatoms. The molecule has 1 fully saturated rings. The highest BCUT2D eigenvalue weighted by Crippen LogP contribution is 2.48. The second-order valence-electron chi connectivity index (χ2n) is 3.18. The van der Waals surface area contributed by atoms with Crippen LogP contribution in [-0.2, 0) is 4.79 Å². The lowest BCUT2D eigenvalue weighted by atomic mass is 10.3. The zero-order valence-corrected chi connectivity index (χ0v) is 6.53. The van der Waals surface area contributed by atoms with E-state index in [4.69, 9.17) is 0 Å². The third-order valence-corrected chi connectivity index (χ3v) is 1.57. The Bertz CT molecular complexity index is 179. The molecule has 0 heterocycles. The summed E-state index contributed by atoms with van der Waals surface area (Å²) >= 11 is 0. The molecule has 1 saturated carbocycles. The van der Waals surface area contributed by atoms with Gasteiger partial charge in [0.05, 0.1) is 0 Å². The summed E-state index contributed by atoms with van der Waals surface area (Å²) in [7, 11) is 0. The van der Waals surface area contributed by atoms with Crippen LogP contribution in [0.3, 0.4) is 0 Å². The zero-order chi connectivity index (χ0) is 8.65. The number of nitrogens with one attached hydrogen (secondary N) is 1. The first-order valence-electron chi connectivity index (χ1n) is 3.61. The molecule has 0 spiro atoms.